The maximum absolute atomic E-state index is 10.9. The summed E-state index contributed by atoms with van der Waals surface area (Å²) in [5.74, 6) is 4.38. The zero-order valence-corrected chi connectivity index (χ0v) is 6.76. The highest BCUT2D eigenvalue weighted by Crippen LogP contribution is 2.01. The minimum Gasteiger partial charge on any atom is -0.448 e. The highest BCUT2D eigenvalue weighted by molar-refractivity contribution is 5.90. The van der Waals surface area contributed by atoms with E-state index in [9.17, 15) is 9.59 Å². The summed E-state index contributed by atoms with van der Waals surface area (Å²) < 4.78 is 4.57. The van der Waals surface area contributed by atoms with Crippen molar-refractivity contribution in [3.8, 4) is 11.8 Å². The summed E-state index contributed by atoms with van der Waals surface area (Å²) in [5, 5.41) is 0. The Morgan fingerprint density at radius 1 is 1.25 bits per heavy atom. The maximum atomic E-state index is 10.9. The molecule has 0 unspecified atom stereocenters. The lowest BCUT2D eigenvalue weighted by Gasteiger charge is -2.01. The van der Waals surface area contributed by atoms with E-state index in [4.69, 9.17) is 0 Å². The van der Waals surface area contributed by atoms with Crippen LogP contribution in [0.4, 0.5) is 0 Å². The lowest BCUT2D eigenvalue weighted by Crippen LogP contribution is -2.12. The molecule has 1 aliphatic heterocycles. The first-order valence-electron chi connectivity index (χ1n) is 3.96. The molecule has 0 aromatic rings. The number of rotatable bonds is 0. The molecule has 12 heavy (non-hydrogen) atoms. The third kappa shape index (κ3) is 3.20. The van der Waals surface area contributed by atoms with Crippen molar-refractivity contribution in [1.29, 1.82) is 0 Å². The third-order valence-corrected chi connectivity index (χ3v) is 1.56. The van der Waals surface area contributed by atoms with E-state index in [-0.39, 0.29) is 12.4 Å². The van der Waals surface area contributed by atoms with Crippen molar-refractivity contribution in [3.05, 3.63) is 0 Å². The molecular weight excluding hydrogens is 156 g/mol. The average Bonchev–Trinajstić information content (AvgIpc) is 2.07. The molecule has 0 aliphatic carbocycles. The number of carbonyl (C=O) groups excluding carboxylic acids is 2. The van der Waals surface area contributed by atoms with Gasteiger partial charge in [0.05, 0.1) is 0 Å². The molecule has 64 valence electrons. The van der Waals surface area contributed by atoms with Gasteiger partial charge in [-0.15, -0.1) is 0 Å². The van der Waals surface area contributed by atoms with Crippen LogP contribution in [-0.4, -0.2) is 18.4 Å². The molecule has 0 saturated carbocycles. The normalized spacial score (nSPS) is 19.0. The molecular formula is C9H10O3. The molecule has 0 aromatic heterocycles. The van der Waals surface area contributed by atoms with Crippen LogP contribution < -0.4 is 0 Å². The van der Waals surface area contributed by atoms with Crippen molar-refractivity contribution in [3.63, 3.8) is 0 Å². The molecule has 1 rings (SSSR count). The lowest BCUT2D eigenvalue weighted by atomic mass is 10.1. The minimum atomic E-state index is -0.592. The van der Waals surface area contributed by atoms with Gasteiger partial charge >= 0.3 is 5.97 Å². The number of cyclic esters (lactones) is 1. The topological polar surface area (TPSA) is 43.4 Å². The fraction of sp³-hybridized carbons (Fsp3) is 0.556. The Morgan fingerprint density at radius 2 is 2.08 bits per heavy atom. The van der Waals surface area contributed by atoms with Crippen LogP contribution in [-0.2, 0) is 14.3 Å². The molecule has 1 aliphatic rings. The summed E-state index contributed by atoms with van der Waals surface area (Å²) in [4.78, 5) is 21.6. The van der Waals surface area contributed by atoms with E-state index in [2.05, 4.69) is 16.6 Å². The number of hydrogen-bond donors (Lipinski definition) is 0. The number of hydrogen-bond acceptors (Lipinski definition) is 3. The second-order valence-electron chi connectivity index (χ2n) is 2.62. The van der Waals surface area contributed by atoms with E-state index in [1.807, 2.05) is 0 Å². The first-order valence-corrected chi connectivity index (χ1v) is 3.96. The SMILES string of the molecule is O=C1CCCCC#CC(=O)OC1. The molecule has 3 nitrogen and oxygen atoms in total. The third-order valence-electron chi connectivity index (χ3n) is 1.56. The van der Waals surface area contributed by atoms with Crippen LogP contribution in [0.1, 0.15) is 25.7 Å². The Bertz CT molecular complexity index is 244. The monoisotopic (exact) mass is 166 g/mol. The van der Waals surface area contributed by atoms with E-state index in [1.54, 1.807) is 0 Å². The molecule has 0 saturated heterocycles. The predicted molar refractivity (Wildman–Crippen MR) is 42.2 cm³/mol. The first kappa shape index (κ1) is 8.79. The van der Waals surface area contributed by atoms with Gasteiger partial charge in [-0.25, -0.2) is 4.79 Å². The van der Waals surface area contributed by atoms with Crippen LogP contribution in [0.3, 0.4) is 0 Å². The Morgan fingerprint density at radius 3 is 2.92 bits per heavy atom. The van der Waals surface area contributed by atoms with Gasteiger partial charge in [0.15, 0.2) is 12.4 Å². The van der Waals surface area contributed by atoms with Gasteiger partial charge in [-0.1, -0.05) is 5.92 Å². The standard InChI is InChI=1S/C9H10O3/c10-8-5-3-1-2-4-6-9(11)12-7-8/h1-3,5,7H2. The number of esters is 1. The van der Waals surface area contributed by atoms with Crippen molar-refractivity contribution in [2.75, 3.05) is 6.61 Å². The van der Waals surface area contributed by atoms with Gasteiger partial charge in [-0.3, -0.25) is 4.79 Å². The highest BCUT2D eigenvalue weighted by Gasteiger charge is 2.06. The molecule has 1 heterocycles. The van der Waals surface area contributed by atoms with Gasteiger partial charge in [-0.05, 0) is 12.8 Å². The van der Waals surface area contributed by atoms with Gasteiger partial charge < -0.3 is 4.74 Å². The van der Waals surface area contributed by atoms with Crippen molar-refractivity contribution in [1.82, 2.24) is 0 Å². The van der Waals surface area contributed by atoms with E-state index in [0.717, 1.165) is 12.8 Å². The number of ether oxygens (including phenoxy) is 1. The Hall–Kier alpha value is -1.30. The second-order valence-corrected chi connectivity index (χ2v) is 2.62. The van der Waals surface area contributed by atoms with Crippen LogP contribution in [0.2, 0.25) is 0 Å². The predicted octanol–water partition coefficient (Wildman–Crippen LogP) is 0.676. The molecule has 0 radical (unpaired) electrons. The van der Waals surface area contributed by atoms with E-state index >= 15 is 0 Å². The second kappa shape index (κ2) is 4.55. The largest absolute Gasteiger partial charge is 0.448 e. The molecule has 0 fully saturated rings. The lowest BCUT2D eigenvalue weighted by molar-refractivity contribution is -0.142. The summed E-state index contributed by atoms with van der Waals surface area (Å²) in [6.45, 7) is -0.118. The number of Topliss-reactive ketones (excluding diaryl/α,β-unsaturated/α-hetero) is 1. The molecule has 0 bridgehead atoms. The summed E-state index contributed by atoms with van der Waals surface area (Å²) in [7, 11) is 0. The fourth-order valence-corrected chi connectivity index (χ4v) is 0.925. The van der Waals surface area contributed by atoms with E-state index in [1.165, 1.54) is 0 Å². The van der Waals surface area contributed by atoms with Crippen molar-refractivity contribution >= 4 is 11.8 Å². The summed E-state index contributed by atoms with van der Waals surface area (Å²) >= 11 is 0. The van der Waals surface area contributed by atoms with Gasteiger partial charge in [0, 0.05) is 18.8 Å². The molecule has 0 N–H and O–H groups in total. The minimum absolute atomic E-state index is 0.0212. The van der Waals surface area contributed by atoms with Crippen molar-refractivity contribution < 1.29 is 14.3 Å². The van der Waals surface area contributed by atoms with Crippen LogP contribution in [0, 0.1) is 11.8 Å². The van der Waals surface area contributed by atoms with E-state index in [0.29, 0.717) is 12.8 Å². The highest BCUT2D eigenvalue weighted by atomic mass is 16.5. The molecule has 0 spiro atoms. The first-order chi connectivity index (χ1) is 5.79. The smallest absolute Gasteiger partial charge is 0.384 e. The summed E-state index contributed by atoms with van der Waals surface area (Å²) in [5.41, 5.74) is 0. The zero-order valence-electron chi connectivity index (χ0n) is 6.76. The number of ketones is 1. The maximum Gasteiger partial charge on any atom is 0.384 e. The van der Waals surface area contributed by atoms with Crippen molar-refractivity contribution in [2.24, 2.45) is 0 Å². The quantitative estimate of drug-likeness (QED) is 0.302. The summed E-state index contributed by atoms with van der Waals surface area (Å²) in [6.07, 6.45) is 2.88. The van der Waals surface area contributed by atoms with Crippen LogP contribution in [0.25, 0.3) is 0 Å². The van der Waals surface area contributed by atoms with Crippen LogP contribution in [0.5, 0.6) is 0 Å². The van der Waals surface area contributed by atoms with Gasteiger partial charge in [0.1, 0.15) is 0 Å². The van der Waals surface area contributed by atoms with Gasteiger partial charge in [0.2, 0.25) is 0 Å². The average molecular weight is 166 g/mol. The van der Waals surface area contributed by atoms with Gasteiger partial charge in [0.25, 0.3) is 0 Å². The van der Waals surface area contributed by atoms with Gasteiger partial charge in [-0.2, -0.15) is 0 Å². The molecule has 0 amide bonds. The Kier molecular flexibility index (Phi) is 3.34. The zero-order chi connectivity index (χ0) is 8.81. The Balaban J connectivity index is 2.50. The molecule has 0 atom stereocenters. The molecule has 0 aromatic carbocycles. The Labute approximate surface area is 71.1 Å². The molecule has 3 heteroatoms. The van der Waals surface area contributed by atoms with Crippen LogP contribution in [0.15, 0.2) is 0 Å². The van der Waals surface area contributed by atoms with Crippen LogP contribution >= 0.6 is 0 Å². The number of carbonyl (C=O) groups is 2. The fourth-order valence-electron chi connectivity index (χ4n) is 0.925. The summed E-state index contributed by atoms with van der Waals surface area (Å²) in [6, 6.07) is 0. The van der Waals surface area contributed by atoms with Crippen molar-refractivity contribution in [2.45, 2.75) is 25.7 Å². The van der Waals surface area contributed by atoms with E-state index < -0.39 is 5.97 Å².